The van der Waals surface area contributed by atoms with Crippen molar-refractivity contribution in [3.8, 4) is 5.75 Å². The number of aromatic nitrogens is 1. The van der Waals surface area contributed by atoms with Gasteiger partial charge in [-0.05, 0) is 60.5 Å². The van der Waals surface area contributed by atoms with E-state index in [2.05, 4.69) is 26.9 Å². The van der Waals surface area contributed by atoms with Crippen LogP contribution in [0.1, 0.15) is 12.8 Å². The maximum atomic E-state index is 13.3. The molecule has 0 unspecified atom stereocenters. The lowest BCUT2D eigenvalue weighted by Gasteiger charge is -2.38. The second-order valence-corrected chi connectivity index (χ2v) is 12.1. The fraction of sp³-hybridized carbons (Fsp3) is 0.458. The number of piperidine rings is 1. The van der Waals surface area contributed by atoms with Crippen LogP contribution in [0.3, 0.4) is 0 Å². The third kappa shape index (κ3) is 4.87. The maximum absolute atomic E-state index is 13.3. The Morgan fingerprint density at radius 3 is 2.42 bits per heavy atom. The molecule has 2 aromatic heterocycles. The number of benzene rings is 1. The lowest BCUT2D eigenvalue weighted by Crippen LogP contribution is -2.50. The highest BCUT2D eigenvalue weighted by Gasteiger charge is 2.31. The standard InChI is InChI=1S/C24H30N4O3S2/c1-31-22-3-2-20-16-24(32-23(20)17-22)33(29,30)28-14-12-26(13-15-28)18-19-6-10-27(11-7-19)21-4-8-25-9-5-21/h2-5,8-9,16-17,19H,6-7,10-15,18H2,1H3. The van der Waals surface area contributed by atoms with Gasteiger partial charge in [0.25, 0.3) is 10.0 Å². The zero-order valence-electron chi connectivity index (χ0n) is 18.9. The van der Waals surface area contributed by atoms with Crippen LogP contribution in [0.15, 0.2) is 53.0 Å². The van der Waals surface area contributed by atoms with Gasteiger partial charge < -0.3 is 14.5 Å². The Hall–Kier alpha value is -2.20. The number of pyridine rings is 1. The molecular weight excluding hydrogens is 456 g/mol. The van der Waals surface area contributed by atoms with Crippen molar-refractivity contribution in [2.24, 2.45) is 5.92 Å². The van der Waals surface area contributed by atoms with E-state index in [1.54, 1.807) is 17.5 Å². The first-order valence-corrected chi connectivity index (χ1v) is 13.7. The molecule has 0 spiro atoms. The normalized spacial score (nSPS) is 19.2. The van der Waals surface area contributed by atoms with Gasteiger partial charge in [0.15, 0.2) is 0 Å². The molecule has 2 aliphatic heterocycles. The van der Waals surface area contributed by atoms with Crippen molar-refractivity contribution in [3.05, 3.63) is 48.8 Å². The molecule has 0 amide bonds. The number of methoxy groups -OCH3 is 1. The van der Waals surface area contributed by atoms with Crippen molar-refractivity contribution in [3.63, 3.8) is 0 Å². The van der Waals surface area contributed by atoms with Crippen molar-refractivity contribution in [2.75, 3.05) is 57.8 Å². The molecule has 7 nitrogen and oxygen atoms in total. The van der Waals surface area contributed by atoms with Gasteiger partial charge in [-0.1, -0.05) is 0 Å². The minimum absolute atomic E-state index is 0.419. The average Bonchev–Trinajstić information content (AvgIpc) is 3.30. The second-order valence-electron chi connectivity index (χ2n) is 8.81. The minimum atomic E-state index is -3.47. The number of ether oxygens (including phenoxy) is 1. The van der Waals surface area contributed by atoms with Crippen LogP contribution in [0.2, 0.25) is 0 Å². The molecule has 1 aromatic carbocycles. The van der Waals surface area contributed by atoms with E-state index in [1.807, 2.05) is 30.6 Å². The molecule has 2 saturated heterocycles. The number of hydrogen-bond donors (Lipinski definition) is 0. The second kappa shape index (κ2) is 9.58. The summed E-state index contributed by atoms with van der Waals surface area (Å²) in [6.07, 6.45) is 6.05. The quantitative estimate of drug-likeness (QED) is 0.531. The third-order valence-electron chi connectivity index (χ3n) is 6.79. The highest BCUT2D eigenvalue weighted by Crippen LogP contribution is 2.33. The van der Waals surface area contributed by atoms with Gasteiger partial charge in [0.1, 0.15) is 9.96 Å². The van der Waals surface area contributed by atoms with Crippen LogP contribution < -0.4 is 9.64 Å². The molecule has 33 heavy (non-hydrogen) atoms. The molecule has 2 aliphatic rings. The number of thiophene rings is 1. The summed E-state index contributed by atoms with van der Waals surface area (Å²) < 4.78 is 34.8. The summed E-state index contributed by atoms with van der Waals surface area (Å²) in [5, 5.41) is 0.941. The van der Waals surface area contributed by atoms with E-state index < -0.39 is 10.0 Å². The van der Waals surface area contributed by atoms with Crippen LogP contribution >= 0.6 is 11.3 Å². The first-order chi connectivity index (χ1) is 16.0. The van der Waals surface area contributed by atoms with Gasteiger partial charge in [-0.3, -0.25) is 4.98 Å². The Bertz CT molecular complexity index is 1180. The molecule has 0 saturated carbocycles. The summed E-state index contributed by atoms with van der Waals surface area (Å²) >= 11 is 1.32. The van der Waals surface area contributed by atoms with Crippen molar-refractivity contribution in [1.29, 1.82) is 0 Å². The summed E-state index contributed by atoms with van der Waals surface area (Å²) in [7, 11) is -1.84. The van der Waals surface area contributed by atoms with Crippen molar-refractivity contribution >= 4 is 37.1 Å². The van der Waals surface area contributed by atoms with E-state index in [9.17, 15) is 8.42 Å². The SMILES string of the molecule is COc1ccc2cc(S(=O)(=O)N3CCN(CC4CCN(c5ccncc5)CC4)CC3)sc2c1. The van der Waals surface area contributed by atoms with E-state index in [0.29, 0.717) is 23.2 Å². The third-order valence-corrected chi connectivity index (χ3v) is 10.2. The summed E-state index contributed by atoms with van der Waals surface area (Å²) in [6, 6.07) is 11.6. The molecule has 4 heterocycles. The number of anilines is 1. The molecule has 5 rings (SSSR count). The molecule has 176 valence electrons. The molecule has 0 aliphatic carbocycles. The van der Waals surface area contributed by atoms with Crippen LogP contribution in [0.25, 0.3) is 10.1 Å². The van der Waals surface area contributed by atoms with E-state index >= 15 is 0 Å². The molecule has 9 heteroatoms. The molecule has 0 N–H and O–H groups in total. The first-order valence-electron chi connectivity index (χ1n) is 11.5. The summed E-state index contributed by atoms with van der Waals surface area (Å²) in [5.74, 6) is 1.41. The molecular formula is C24H30N4O3S2. The molecule has 0 atom stereocenters. The van der Waals surface area contributed by atoms with Crippen molar-refractivity contribution in [2.45, 2.75) is 17.1 Å². The fourth-order valence-corrected chi connectivity index (χ4v) is 7.82. The number of nitrogens with zero attached hydrogens (tertiary/aromatic N) is 4. The number of fused-ring (bicyclic) bond motifs is 1. The number of piperazine rings is 1. The predicted octanol–water partition coefficient (Wildman–Crippen LogP) is 3.53. The Labute approximate surface area is 199 Å². The highest BCUT2D eigenvalue weighted by molar-refractivity contribution is 7.91. The van der Waals surface area contributed by atoms with Gasteiger partial charge in [0.2, 0.25) is 0 Å². The molecule has 0 bridgehead atoms. The number of sulfonamides is 1. The van der Waals surface area contributed by atoms with Crippen LogP contribution in [0.5, 0.6) is 5.75 Å². The zero-order valence-corrected chi connectivity index (χ0v) is 20.5. The Morgan fingerprint density at radius 2 is 1.73 bits per heavy atom. The van der Waals surface area contributed by atoms with Gasteiger partial charge in [-0.25, -0.2) is 8.42 Å². The fourth-order valence-electron chi connectivity index (χ4n) is 4.81. The average molecular weight is 487 g/mol. The van der Waals surface area contributed by atoms with Gasteiger partial charge in [0.05, 0.1) is 7.11 Å². The van der Waals surface area contributed by atoms with E-state index in [4.69, 9.17) is 4.74 Å². The monoisotopic (exact) mass is 486 g/mol. The zero-order chi connectivity index (χ0) is 22.8. The Balaban J connectivity index is 1.15. The van der Waals surface area contributed by atoms with Crippen LogP contribution in [-0.2, 0) is 10.0 Å². The smallest absolute Gasteiger partial charge is 0.252 e. The number of rotatable bonds is 6. The first kappa shape index (κ1) is 22.6. The minimum Gasteiger partial charge on any atom is -0.497 e. The van der Waals surface area contributed by atoms with E-state index in [1.165, 1.54) is 29.9 Å². The summed E-state index contributed by atoms with van der Waals surface area (Å²) in [6.45, 7) is 5.89. The van der Waals surface area contributed by atoms with E-state index in [-0.39, 0.29) is 0 Å². The summed E-state index contributed by atoms with van der Waals surface area (Å²) in [5.41, 5.74) is 1.25. The molecule has 2 fully saturated rings. The largest absolute Gasteiger partial charge is 0.497 e. The predicted molar refractivity (Wildman–Crippen MR) is 133 cm³/mol. The molecule has 3 aromatic rings. The van der Waals surface area contributed by atoms with Crippen molar-refractivity contribution in [1.82, 2.24) is 14.2 Å². The summed E-state index contributed by atoms with van der Waals surface area (Å²) in [4.78, 5) is 8.98. The Morgan fingerprint density at radius 1 is 1.00 bits per heavy atom. The van der Waals surface area contributed by atoms with Gasteiger partial charge >= 0.3 is 0 Å². The van der Waals surface area contributed by atoms with Gasteiger partial charge in [0, 0.05) is 68.6 Å². The Kier molecular flexibility index (Phi) is 6.56. The number of hydrogen-bond acceptors (Lipinski definition) is 7. The van der Waals surface area contributed by atoms with Crippen LogP contribution in [0.4, 0.5) is 5.69 Å². The van der Waals surface area contributed by atoms with Crippen LogP contribution in [0, 0.1) is 5.92 Å². The van der Waals surface area contributed by atoms with Gasteiger partial charge in [-0.2, -0.15) is 4.31 Å². The maximum Gasteiger partial charge on any atom is 0.252 e. The van der Waals surface area contributed by atoms with Crippen molar-refractivity contribution < 1.29 is 13.2 Å². The lowest BCUT2D eigenvalue weighted by molar-refractivity contribution is 0.155. The van der Waals surface area contributed by atoms with Gasteiger partial charge in [-0.15, -0.1) is 11.3 Å². The topological polar surface area (TPSA) is 66.0 Å². The lowest BCUT2D eigenvalue weighted by atomic mass is 9.95. The molecule has 0 radical (unpaired) electrons. The highest BCUT2D eigenvalue weighted by atomic mass is 32.2. The van der Waals surface area contributed by atoms with E-state index in [0.717, 1.165) is 48.6 Å². The van der Waals surface area contributed by atoms with Crippen LogP contribution in [-0.4, -0.2) is 75.5 Å².